The number of guanidine groups is 1. The van der Waals surface area contributed by atoms with E-state index >= 15 is 0 Å². The average Bonchev–Trinajstić information content (AvgIpc) is 2.44. The van der Waals surface area contributed by atoms with Gasteiger partial charge in [-0.25, -0.2) is 5.43 Å². The van der Waals surface area contributed by atoms with Crippen molar-refractivity contribution in [2.24, 2.45) is 5.10 Å². The number of hydrogen-bond donors (Lipinski definition) is 3. The highest BCUT2D eigenvalue weighted by Gasteiger charge is 2.14. The van der Waals surface area contributed by atoms with Crippen LogP contribution in [0.2, 0.25) is 0 Å². The predicted octanol–water partition coefficient (Wildman–Crippen LogP) is 0.529. The second-order valence-corrected chi connectivity index (χ2v) is 3.63. The van der Waals surface area contributed by atoms with E-state index in [1.54, 1.807) is 6.07 Å². The summed E-state index contributed by atoms with van der Waals surface area (Å²) in [6.45, 7) is 1.17. The molecular formula is C11H13N5O5. The van der Waals surface area contributed by atoms with Crippen molar-refractivity contribution in [2.75, 3.05) is 7.11 Å². The van der Waals surface area contributed by atoms with Gasteiger partial charge in [0.2, 0.25) is 5.96 Å². The van der Waals surface area contributed by atoms with E-state index in [0.29, 0.717) is 5.56 Å². The standard InChI is InChI=1S/C11H13N5O5/c1-7(17)21-15-11(12)14-13-6-8-3-4-10(20-2)9(5-8)16(18)19/h3-6H,1-2H3,(H3,12,14,15). The molecule has 0 aliphatic rings. The van der Waals surface area contributed by atoms with E-state index in [0.717, 1.165) is 0 Å². The molecule has 10 nitrogen and oxygen atoms in total. The van der Waals surface area contributed by atoms with Crippen LogP contribution in [0.4, 0.5) is 5.69 Å². The molecule has 1 aromatic carbocycles. The van der Waals surface area contributed by atoms with E-state index < -0.39 is 10.9 Å². The first kappa shape index (κ1) is 15.9. The van der Waals surface area contributed by atoms with Crippen LogP contribution in [-0.4, -0.2) is 30.2 Å². The number of hydrogen-bond acceptors (Lipinski definition) is 7. The zero-order chi connectivity index (χ0) is 15.8. The van der Waals surface area contributed by atoms with E-state index in [1.807, 2.05) is 5.48 Å². The molecule has 0 fully saturated rings. The van der Waals surface area contributed by atoms with E-state index in [4.69, 9.17) is 10.1 Å². The molecule has 0 aliphatic carbocycles. The van der Waals surface area contributed by atoms with Crippen molar-refractivity contribution in [3.63, 3.8) is 0 Å². The minimum Gasteiger partial charge on any atom is -0.490 e. The number of hydroxylamine groups is 1. The Balaban J connectivity index is 2.68. The Kier molecular flexibility index (Phi) is 5.62. The third-order valence-corrected chi connectivity index (χ3v) is 2.09. The number of methoxy groups -OCH3 is 1. The molecule has 0 saturated heterocycles. The van der Waals surface area contributed by atoms with Crippen molar-refractivity contribution in [3.05, 3.63) is 33.9 Å². The largest absolute Gasteiger partial charge is 0.490 e. The van der Waals surface area contributed by atoms with Gasteiger partial charge < -0.3 is 9.57 Å². The number of nitro benzene ring substituents is 1. The summed E-state index contributed by atoms with van der Waals surface area (Å²) in [7, 11) is 1.33. The molecule has 0 radical (unpaired) electrons. The summed E-state index contributed by atoms with van der Waals surface area (Å²) in [6.07, 6.45) is 1.26. The monoisotopic (exact) mass is 295 g/mol. The van der Waals surface area contributed by atoms with Crippen LogP contribution >= 0.6 is 0 Å². The molecule has 1 aromatic rings. The number of carbonyl (C=O) groups is 1. The summed E-state index contributed by atoms with van der Waals surface area (Å²) in [5.41, 5.74) is 4.45. The molecule has 0 spiro atoms. The second-order valence-electron chi connectivity index (χ2n) is 3.63. The molecule has 0 amide bonds. The molecule has 0 atom stereocenters. The minimum absolute atomic E-state index is 0.134. The minimum atomic E-state index is -0.615. The average molecular weight is 295 g/mol. The highest BCUT2D eigenvalue weighted by Crippen LogP contribution is 2.26. The maximum absolute atomic E-state index is 10.8. The first-order valence-electron chi connectivity index (χ1n) is 5.57. The number of ether oxygens (including phenoxy) is 1. The van der Waals surface area contributed by atoms with Crippen molar-refractivity contribution in [1.29, 1.82) is 5.41 Å². The van der Waals surface area contributed by atoms with Gasteiger partial charge in [0, 0.05) is 18.6 Å². The summed E-state index contributed by atoms with van der Waals surface area (Å²) in [5.74, 6) is -0.852. The molecule has 21 heavy (non-hydrogen) atoms. The summed E-state index contributed by atoms with van der Waals surface area (Å²) in [6, 6.07) is 4.26. The van der Waals surface area contributed by atoms with Crippen LogP contribution in [0.25, 0.3) is 0 Å². The Morgan fingerprint density at radius 3 is 2.81 bits per heavy atom. The fourth-order valence-corrected chi connectivity index (χ4v) is 1.25. The van der Waals surface area contributed by atoms with Gasteiger partial charge in [0.1, 0.15) is 0 Å². The number of nitro groups is 1. The van der Waals surface area contributed by atoms with E-state index in [-0.39, 0.29) is 17.4 Å². The smallest absolute Gasteiger partial charge is 0.329 e. The van der Waals surface area contributed by atoms with E-state index in [1.165, 1.54) is 32.4 Å². The van der Waals surface area contributed by atoms with Crippen molar-refractivity contribution in [2.45, 2.75) is 6.92 Å². The lowest BCUT2D eigenvalue weighted by Gasteiger charge is -2.04. The Hall–Kier alpha value is -3.17. The van der Waals surface area contributed by atoms with Crippen LogP contribution < -0.4 is 15.6 Å². The highest BCUT2D eigenvalue weighted by molar-refractivity contribution is 5.84. The lowest BCUT2D eigenvalue weighted by atomic mass is 10.2. The summed E-state index contributed by atoms with van der Waals surface area (Å²) < 4.78 is 4.86. The molecule has 10 heteroatoms. The van der Waals surface area contributed by atoms with Crippen molar-refractivity contribution >= 4 is 23.8 Å². The second kappa shape index (κ2) is 7.43. The Morgan fingerprint density at radius 1 is 1.52 bits per heavy atom. The molecule has 0 saturated carbocycles. The zero-order valence-corrected chi connectivity index (χ0v) is 11.2. The molecular weight excluding hydrogens is 282 g/mol. The van der Waals surface area contributed by atoms with Crippen LogP contribution in [0, 0.1) is 15.5 Å². The summed E-state index contributed by atoms with van der Waals surface area (Å²) in [5, 5.41) is 21.8. The van der Waals surface area contributed by atoms with Gasteiger partial charge in [-0.05, 0) is 12.1 Å². The Bertz CT molecular complexity index is 586. The lowest BCUT2D eigenvalue weighted by Crippen LogP contribution is -2.34. The molecule has 112 valence electrons. The van der Waals surface area contributed by atoms with Crippen LogP contribution in [-0.2, 0) is 9.63 Å². The SMILES string of the molecule is COc1ccc(C=NNC(=N)NOC(C)=O)cc1[N+](=O)[O-]. The molecule has 0 heterocycles. The third kappa shape index (κ3) is 5.14. The van der Waals surface area contributed by atoms with Crippen LogP contribution in [0.3, 0.4) is 0 Å². The highest BCUT2D eigenvalue weighted by atomic mass is 16.7. The summed E-state index contributed by atoms with van der Waals surface area (Å²) >= 11 is 0. The first-order valence-corrected chi connectivity index (χ1v) is 5.57. The van der Waals surface area contributed by atoms with Gasteiger partial charge in [0.05, 0.1) is 18.2 Å². The molecule has 0 aliphatic heterocycles. The molecule has 1 rings (SSSR count). The fraction of sp³-hybridized carbons (Fsp3) is 0.182. The van der Waals surface area contributed by atoms with Crippen molar-refractivity contribution in [1.82, 2.24) is 10.9 Å². The predicted molar refractivity (Wildman–Crippen MR) is 73.0 cm³/mol. The van der Waals surface area contributed by atoms with Crippen molar-refractivity contribution in [3.8, 4) is 5.75 Å². The van der Waals surface area contributed by atoms with Crippen LogP contribution in [0.15, 0.2) is 23.3 Å². The Morgan fingerprint density at radius 2 is 2.24 bits per heavy atom. The Labute approximate surface area is 119 Å². The topological polar surface area (TPSA) is 139 Å². The zero-order valence-electron chi connectivity index (χ0n) is 11.2. The van der Waals surface area contributed by atoms with Gasteiger partial charge in [-0.2, -0.15) is 10.6 Å². The number of nitrogens with zero attached hydrogens (tertiary/aromatic N) is 2. The van der Waals surface area contributed by atoms with Crippen LogP contribution in [0.1, 0.15) is 12.5 Å². The quantitative estimate of drug-likeness (QED) is 0.318. The maximum Gasteiger partial charge on any atom is 0.329 e. The van der Waals surface area contributed by atoms with E-state index in [2.05, 4.69) is 15.4 Å². The van der Waals surface area contributed by atoms with Crippen molar-refractivity contribution < 1.29 is 19.3 Å². The lowest BCUT2D eigenvalue weighted by molar-refractivity contribution is -0.385. The van der Waals surface area contributed by atoms with Gasteiger partial charge in [-0.1, -0.05) is 0 Å². The number of benzene rings is 1. The number of carbonyl (C=O) groups excluding carboxylic acids is 1. The maximum atomic E-state index is 10.8. The number of hydrazone groups is 1. The number of rotatable bonds is 4. The van der Waals surface area contributed by atoms with Gasteiger partial charge in [0.25, 0.3) is 0 Å². The molecule has 0 bridgehead atoms. The normalized spacial score (nSPS) is 10.0. The van der Waals surface area contributed by atoms with Gasteiger partial charge >= 0.3 is 11.7 Å². The summed E-state index contributed by atoms with van der Waals surface area (Å²) in [4.78, 5) is 25.1. The molecule has 0 aromatic heterocycles. The van der Waals surface area contributed by atoms with Crippen LogP contribution in [0.5, 0.6) is 5.75 Å². The van der Waals surface area contributed by atoms with E-state index in [9.17, 15) is 14.9 Å². The van der Waals surface area contributed by atoms with Gasteiger partial charge in [-0.15, -0.1) is 0 Å². The van der Waals surface area contributed by atoms with Gasteiger partial charge in [-0.3, -0.25) is 20.3 Å². The van der Waals surface area contributed by atoms with Gasteiger partial charge in [0.15, 0.2) is 5.75 Å². The first-order chi connectivity index (χ1) is 9.93. The fourth-order valence-electron chi connectivity index (χ4n) is 1.25. The number of nitrogens with one attached hydrogen (secondary N) is 3. The molecule has 0 unspecified atom stereocenters. The third-order valence-electron chi connectivity index (χ3n) is 2.09. The molecule has 3 N–H and O–H groups in total.